The van der Waals surface area contributed by atoms with Crippen LogP contribution in [0.3, 0.4) is 0 Å². The number of hydrogen-bond acceptors (Lipinski definition) is 7. The molecule has 5 heterocycles. The third kappa shape index (κ3) is 3.89. The molecule has 34 heavy (non-hydrogen) atoms. The number of hydrogen-bond donors (Lipinski definition) is 2. The van der Waals surface area contributed by atoms with Crippen LogP contribution in [0.5, 0.6) is 0 Å². The summed E-state index contributed by atoms with van der Waals surface area (Å²) >= 11 is 0. The SMILES string of the molecule is CNC(=O)c1cc(C(=O)N2CCCC[C@H]2c2cc3nc(N4CC[C@H](N)C4)c(C)cn3n2)n(C)n1. The molecule has 5 rings (SSSR count). The highest BCUT2D eigenvalue weighted by atomic mass is 16.2. The summed E-state index contributed by atoms with van der Waals surface area (Å²) < 4.78 is 3.27. The highest BCUT2D eigenvalue weighted by Crippen LogP contribution is 2.32. The van der Waals surface area contributed by atoms with Crippen molar-refractivity contribution in [3.8, 4) is 0 Å². The van der Waals surface area contributed by atoms with Gasteiger partial charge in [-0.3, -0.25) is 14.3 Å². The summed E-state index contributed by atoms with van der Waals surface area (Å²) in [6.07, 6.45) is 5.72. The summed E-state index contributed by atoms with van der Waals surface area (Å²) in [5.74, 6) is 0.476. The Hall–Kier alpha value is -3.47. The molecule has 2 fully saturated rings. The molecule has 0 radical (unpaired) electrons. The lowest BCUT2D eigenvalue weighted by Crippen LogP contribution is -2.39. The van der Waals surface area contributed by atoms with Crippen LogP contribution in [0, 0.1) is 6.92 Å². The van der Waals surface area contributed by atoms with Gasteiger partial charge in [0.15, 0.2) is 11.3 Å². The first-order chi connectivity index (χ1) is 16.4. The van der Waals surface area contributed by atoms with Crippen molar-refractivity contribution >= 4 is 23.3 Å². The van der Waals surface area contributed by atoms with Crippen molar-refractivity contribution in [2.75, 3.05) is 31.6 Å². The topological polar surface area (TPSA) is 127 Å². The predicted octanol–water partition coefficient (Wildman–Crippen LogP) is 1.04. The number of carbonyl (C=O) groups is 2. The molecule has 2 aliphatic heterocycles. The number of aryl methyl sites for hydroxylation is 2. The van der Waals surface area contributed by atoms with E-state index in [1.807, 2.05) is 24.1 Å². The first-order valence-corrected chi connectivity index (χ1v) is 11.8. The van der Waals surface area contributed by atoms with Crippen molar-refractivity contribution in [1.82, 2.24) is 34.6 Å². The van der Waals surface area contributed by atoms with Gasteiger partial charge in [0.05, 0.1) is 11.7 Å². The van der Waals surface area contributed by atoms with Gasteiger partial charge in [0, 0.05) is 63.7 Å². The quantitative estimate of drug-likeness (QED) is 0.589. The Morgan fingerprint density at radius 2 is 1.97 bits per heavy atom. The maximum absolute atomic E-state index is 13.5. The maximum atomic E-state index is 13.5. The Labute approximate surface area is 197 Å². The minimum Gasteiger partial charge on any atom is -0.355 e. The highest BCUT2D eigenvalue weighted by molar-refractivity contribution is 5.98. The Morgan fingerprint density at radius 1 is 1.15 bits per heavy atom. The molecule has 180 valence electrons. The van der Waals surface area contributed by atoms with Crippen molar-refractivity contribution < 1.29 is 9.59 Å². The van der Waals surface area contributed by atoms with Crippen molar-refractivity contribution in [3.63, 3.8) is 0 Å². The molecule has 3 aromatic rings. The Bertz CT molecular complexity index is 1250. The molecule has 0 aliphatic carbocycles. The number of rotatable bonds is 4. The van der Waals surface area contributed by atoms with Crippen LogP contribution in [0.25, 0.3) is 5.65 Å². The van der Waals surface area contributed by atoms with E-state index in [4.69, 9.17) is 15.8 Å². The van der Waals surface area contributed by atoms with Gasteiger partial charge in [-0.25, -0.2) is 9.50 Å². The molecule has 2 saturated heterocycles. The lowest BCUT2D eigenvalue weighted by molar-refractivity contribution is 0.0594. The van der Waals surface area contributed by atoms with Gasteiger partial charge < -0.3 is 20.9 Å². The summed E-state index contributed by atoms with van der Waals surface area (Å²) in [7, 11) is 3.23. The van der Waals surface area contributed by atoms with Crippen LogP contribution in [0.4, 0.5) is 5.82 Å². The van der Waals surface area contributed by atoms with Crippen LogP contribution in [-0.2, 0) is 7.05 Å². The lowest BCUT2D eigenvalue weighted by atomic mass is 9.99. The lowest BCUT2D eigenvalue weighted by Gasteiger charge is -2.34. The van der Waals surface area contributed by atoms with E-state index >= 15 is 0 Å². The maximum Gasteiger partial charge on any atom is 0.272 e. The number of piperidine rings is 1. The minimum absolute atomic E-state index is 0.150. The van der Waals surface area contributed by atoms with Crippen LogP contribution in [-0.4, -0.2) is 73.8 Å². The van der Waals surface area contributed by atoms with Crippen LogP contribution in [0.15, 0.2) is 18.3 Å². The smallest absolute Gasteiger partial charge is 0.272 e. The molecule has 11 heteroatoms. The van der Waals surface area contributed by atoms with Crippen molar-refractivity contribution in [2.45, 2.75) is 44.7 Å². The molecule has 3 N–H and O–H groups in total. The zero-order chi connectivity index (χ0) is 24.0. The van der Waals surface area contributed by atoms with E-state index in [2.05, 4.69) is 15.3 Å². The first-order valence-electron chi connectivity index (χ1n) is 11.8. The molecule has 2 amide bonds. The summed E-state index contributed by atoms with van der Waals surface area (Å²) in [5.41, 5.74) is 9.34. The molecule has 0 aromatic carbocycles. The van der Waals surface area contributed by atoms with Crippen molar-refractivity contribution in [2.24, 2.45) is 12.8 Å². The monoisotopic (exact) mass is 465 g/mol. The minimum atomic E-state index is -0.318. The zero-order valence-corrected chi connectivity index (χ0v) is 19.9. The van der Waals surface area contributed by atoms with E-state index in [9.17, 15) is 9.59 Å². The molecule has 0 spiro atoms. The fraction of sp³-hybridized carbons (Fsp3) is 0.522. The largest absolute Gasteiger partial charge is 0.355 e. The molecule has 2 aliphatic rings. The molecule has 3 aromatic heterocycles. The van der Waals surface area contributed by atoms with Gasteiger partial charge in [-0.05, 0) is 32.6 Å². The number of carbonyl (C=O) groups excluding carboxylic acids is 2. The number of amides is 2. The molecular weight excluding hydrogens is 434 g/mol. The predicted molar refractivity (Wildman–Crippen MR) is 127 cm³/mol. The fourth-order valence-corrected chi connectivity index (χ4v) is 5.02. The average Bonchev–Trinajstić information content (AvgIpc) is 3.55. The van der Waals surface area contributed by atoms with E-state index in [1.165, 1.54) is 4.68 Å². The van der Waals surface area contributed by atoms with E-state index in [1.54, 1.807) is 24.7 Å². The van der Waals surface area contributed by atoms with Crippen molar-refractivity contribution in [1.29, 1.82) is 0 Å². The normalized spacial score (nSPS) is 20.8. The van der Waals surface area contributed by atoms with E-state index in [0.717, 1.165) is 61.5 Å². The molecule has 0 bridgehead atoms. The molecule has 11 nitrogen and oxygen atoms in total. The fourth-order valence-electron chi connectivity index (χ4n) is 5.02. The number of nitrogens with two attached hydrogens (primary N) is 1. The second kappa shape index (κ2) is 8.71. The summed E-state index contributed by atoms with van der Waals surface area (Å²) in [6, 6.07) is 3.55. The van der Waals surface area contributed by atoms with Crippen LogP contribution in [0.2, 0.25) is 0 Å². The standard InChI is InChI=1S/C23H31N9O2/c1-14-12-32-20(26-21(14)30-9-7-15(24)13-30)11-16(28-32)18-6-4-5-8-31(18)23(34)19-10-17(22(33)25-2)27-29(19)3/h10-12,15,18H,4-9,13,24H2,1-3H3,(H,25,33)/t15-,18-/m0/s1. The number of nitrogens with zero attached hydrogens (tertiary/aromatic N) is 7. The summed E-state index contributed by atoms with van der Waals surface area (Å²) in [6.45, 7) is 4.37. The Morgan fingerprint density at radius 3 is 2.71 bits per heavy atom. The van der Waals surface area contributed by atoms with Crippen LogP contribution >= 0.6 is 0 Å². The zero-order valence-electron chi connectivity index (χ0n) is 19.9. The van der Waals surface area contributed by atoms with Gasteiger partial charge in [-0.2, -0.15) is 10.2 Å². The van der Waals surface area contributed by atoms with E-state index in [0.29, 0.717) is 12.2 Å². The number of aromatic nitrogens is 5. The van der Waals surface area contributed by atoms with E-state index in [-0.39, 0.29) is 29.6 Å². The first kappa shape index (κ1) is 22.3. The number of fused-ring (bicyclic) bond motifs is 1. The third-order valence-corrected chi connectivity index (χ3v) is 6.81. The van der Waals surface area contributed by atoms with Gasteiger partial charge >= 0.3 is 0 Å². The van der Waals surface area contributed by atoms with Gasteiger partial charge in [-0.15, -0.1) is 0 Å². The van der Waals surface area contributed by atoms with Gasteiger partial charge in [0.2, 0.25) is 0 Å². The van der Waals surface area contributed by atoms with E-state index < -0.39 is 0 Å². The van der Waals surface area contributed by atoms with Crippen molar-refractivity contribution in [3.05, 3.63) is 41.0 Å². The Kier molecular flexibility index (Phi) is 5.72. The molecular formula is C23H31N9O2. The van der Waals surface area contributed by atoms with Crippen LogP contribution < -0.4 is 16.0 Å². The van der Waals surface area contributed by atoms with Crippen LogP contribution in [0.1, 0.15) is 64.0 Å². The summed E-state index contributed by atoms with van der Waals surface area (Å²) in [4.78, 5) is 34.5. The number of nitrogens with one attached hydrogen (secondary N) is 1. The second-order valence-electron chi connectivity index (χ2n) is 9.24. The van der Waals surface area contributed by atoms with Gasteiger partial charge in [-0.1, -0.05) is 0 Å². The van der Waals surface area contributed by atoms with Gasteiger partial charge in [0.1, 0.15) is 11.5 Å². The highest BCUT2D eigenvalue weighted by Gasteiger charge is 2.33. The molecule has 0 saturated carbocycles. The van der Waals surface area contributed by atoms with Gasteiger partial charge in [0.25, 0.3) is 11.8 Å². The summed E-state index contributed by atoms with van der Waals surface area (Å²) in [5, 5.41) is 11.6. The number of likely N-dealkylation sites (tertiary alicyclic amines) is 1. The number of anilines is 1. The Balaban J connectivity index is 1.46. The second-order valence-corrected chi connectivity index (χ2v) is 9.24. The molecule has 2 atom stereocenters. The third-order valence-electron chi connectivity index (χ3n) is 6.81. The molecule has 0 unspecified atom stereocenters. The average molecular weight is 466 g/mol.